The number of carbonyl (C=O) groups is 2. The van der Waals surface area contributed by atoms with Crippen molar-refractivity contribution in [1.82, 2.24) is 0 Å². The zero-order valence-corrected chi connectivity index (χ0v) is 13.0. The van der Waals surface area contributed by atoms with Crippen molar-refractivity contribution in [2.75, 3.05) is 5.32 Å². The molecule has 4 nitrogen and oxygen atoms in total. The highest BCUT2D eigenvalue weighted by atomic mass is 32.1. The maximum Gasteiger partial charge on any atom is 0.336 e. The Balaban J connectivity index is 2.25. The maximum absolute atomic E-state index is 12.3. The first-order valence-corrected chi connectivity index (χ1v) is 7.52. The van der Waals surface area contributed by atoms with Crippen LogP contribution in [-0.4, -0.2) is 17.0 Å². The summed E-state index contributed by atoms with van der Waals surface area (Å²) in [5.74, 6) is -1.41. The van der Waals surface area contributed by atoms with E-state index in [-0.39, 0.29) is 17.4 Å². The number of carboxylic acid groups (broad SMARTS) is 1. The molecule has 0 aliphatic carbocycles. The zero-order chi connectivity index (χ0) is 15.6. The van der Waals surface area contributed by atoms with Crippen molar-refractivity contribution >= 4 is 28.9 Å². The van der Waals surface area contributed by atoms with Crippen LogP contribution in [0.25, 0.3) is 0 Å². The van der Waals surface area contributed by atoms with Crippen LogP contribution in [-0.2, 0) is 4.79 Å². The molecule has 0 bridgehead atoms. The van der Waals surface area contributed by atoms with E-state index in [0.717, 1.165) is 11.1 Å². The number of aromatic carboxylic acids is 1. The van der Waals surface area contributed by atoms with Crippen molar-refractivity contribution in [1.29, 1.82) is 0 Å². The van der Waals surface area contributed by atoms with Gasteiger partial charge >= 0.3 is 5.97 Å². The summed E-state index contributed by atoms with van der Waals surface area (Å²) in [4.78, 5) is 23.5. The van der Waals surface area contributed by atoms with E-state index in [2.05, 4.69) is 5.32 Å². The first kappa shape index (κ1) is 15.3. The summed E-state index contributed by atoms with van der Waals surface area (Å²) in [6.07, 6.45) is 0. The van der Waals surface area contributed by atoms with Crippen LogP contribution in [0.5, 0.6) is 0 Å². The van der Waals surface area contributed by atoms with Gasteiger partial charge in [-0.25, -0.2) is 4.79 Å². The van der Waals surface area contributed by atoms with Crippen molar-refractivity contribution < 1.29 is 14.7 Å². The van der Waals surface area contributed by atoms with E-state index >= 15 is 0 Å². The van der Waals surface area contributed by atoms with E-state index in [0.29, 0.717) is 11.3 Å². The number of thiophene rings is 1. The molecule has 110 valence electrons. The van der Waals surface area contributed by atoms with Gasteiger partial charge in [-0.1, -0.05) is 6.07 Å². The monoisotopic (exact) mass is 303 g/mol. The average Bonchev–Trinajstić information content (AvgIpc) is 2.94. The second kappa shape index (κ2) is 6.10. The third-order valence-corrected chi connectivity index (χ3v) is 4.20. The Bertz CT molecular complexity index is 677. The second-order valence-corrected chi connectivity index (χ2v) is 5.83. The molecule has 0 spiro atoms. The Hall–Kier alpha value is -2.14. The Morgan fingerprint density at radius 1 is 1.24 bits per heavy atom. The van der Waals surface area contributed by atoms with Crippen molar-refractivity contribution in [3.63, 3.8) is 0 Å². The Morgan fingerprint density at radius 3 is 2.52 bits per heavy atom. The fourth-order valence-electron chi connectivity index (χ4n) is 2.13. The smallest absolute Gasteiger partial charge is 0.336 e. The molecule has 1 aromatic carbocycles. The summed E-state index contributed by atoms with van der Waals surface area (Å²) in [5.41, 5.74) is 3.25. The number of hydrogen-bond acceptors (Lipinski definition) is 3. The summed E-state index contributed by atoms with van der Waals surface area (Å²) in [6, 6.07) is 5.21. The minimum Gasteiger partial charge on any atom is -0.478 e. The lowest BCUT2D eigenvalue weighted by atomic mass is 10.0. The molecule has 1 amide bonds. The number of carbonyl (C=O) groups excluding carboxylic acids is 1. The minimum absolute atomic E-state index is 0.142. The van der Waals surface area contributed by atoms with Gasteiger partial charge in [0, 0.05) is 5.69 Å². The van der Waals surface area contributed by atoms with Gasteiger partial charge in [-0.2, -0.15) is 11.3 Å². The normalized spacial score (nSPS) is 12.0. The molecule has 5 heteroatoms. The van der Waals surface area contributed by atoms with Crippen molar-refractivity contribution in [2.24, 2.45) is 0 Å². The van der Waals surface area contributed by atoms with Gasteiger partial charge in [-0.3, -0.25) is 4.79 Å². The largest absolute Gasteiger partial charge is 0.478 e. The molecule has 0 aliphatic rings. The number of aryl methyl sites for hydroxylation is 2. The molecule has 2 rings (SSSR count). The van der Waals surface area contributed by atoms with Crippen LogP contribution in [0.15, 0.2) is 29.0 Å². The van der Waals surface area contributed by atoms with E-state index in [9.17, 15) is 9.59 Å². The minimum atomic E-state index is -0.992. The summed E-state index contributed by atoms with van der Waals surface area (Å²) < 4.78 is 0. The van der Waals surface area contributed by atoms with E-state index in [1.165, 1.54) is 6.07 Å². The maximum atomic E-state index is 12.3. The number of rotatable bonds is 4. The lowest BCUT2D eigenvalue weighted by Crippen LogP contribution is -2.19. The third kappa shape index (κ3) is 3.31. The zero-order valence-electron chi connectivity index (χ0n) is 12.1. The van der Waals surface area contributed by atoms with Crippen LogP contribution >= 0.6 is 11.3 Å². The van der Waals surface area contributed by atoms with Gasteiger partial charge in [0.25, 0.3) is 0 Å². The van der Waals surface area contributed by atoms with Crippen LogP contribution in [0.3, 0.4) is 0 Å². The summed E-state index contributed by atoms with van der Waals surface area (Å²) >= 11 is 1.55. The third-order valence-electron chi connectivity index (χ3n) is 3.50. The van der Waals surface area contributed by atoms with E-state index in [1.807, 2.05) is 30.7 Å². The standard InChI is InChI=1S/C16H17NO3S/c1-9-6-10(2)14(7-13(9)16(19)20)17-15(18)11(3)12-4-5-21-8-12/h4-8,11H,1-3H3,(H,17,18)(H,19,20). The van der Waals surface area contributed by atoms with Crippen LogP contribution in [0.2, 0.25) is 0 Å². The van der Waals surface area contributed by atoms with Gasteiger partial charge in [0.05, 0.1) is 11.5 Å². The van der Waals surface area contributed by atoms with E-state index in [1.54, 1.807) is 24.3 Å². The lowest BCUT2D eigenvalue weighted by molar-refractivity contribution is -0.117. The van der Waals surface area contributed by atoms with Gasteiger partial charge in [0.15, 0.2) is 0 Å². The highest BCUT2D eigenvalue weighted by molar-refractivity contribution is 7.08. The van der Waals surface area contributed by atoms with Gasteiger partial charge in [-0.15, -0.1) is 0 Å². The summed E-state index contributed by atoms with van der Waals surface area (Å²) in [6.45, 7) is 5.43. The van der Waals surface area contributed by atoms with Crippen molar-refractivity contribution in [3.05, 3.63) is 51.2 Å². The summed E-state index contributed by atoms with van der Waals surface area (Å²) in [7, 11) is 0. The molecule has 0 aliphatic heterocycles. The van der Waals surface area contributed by atoms with Crippen LogP contribution in [0.4, 0.5) is 5.69 Å². The van der Waals surface area contributed by atoms with Crippen molar-refractivity contribution in [2.45, 2.75) is 26.7 Å². The molecule has 0 saturated heterocycles. The molecule has 0 radical (unpaired) electrons. The molecule has 1 heterocycles. The molecular formula is C16H17NO3S. The fraction of sp³-hybridized carbons (Fsp3) is 0.250. The summed E-state index contributed by atoms with van der Waals surface area (Å²) in [5, 5.41) is 15.9. The highest BCUT2D eigenvalue weighted by Gasteiger charge is 2.18. The molecule has 2 N–H and O–H groups in total. The predicted molar refractivity (Wildman–Crippen MR) is 84.2 cm³/mol. The van der Waals surface area contributed by atoms with E-state index < -0.39 is 5.97 Å². The predicted octanol–water partition coefficient (Wildman–Crippen LogP) is 3.81. The number of amides is 1. The molecule has 1 aromatic heterocycles. The van der Waals surface area contributed by atoms with Crippen LogP contribution in [0.1, 0.15) is 39.9 Å². The Kier molecular flexibility index (Phi) is 4.43. The van der Waals surface area contributed by atoms with Crippen LogP contribution < -0.4 is 5.32 Å². The molecule has 0 fully saturated rings. The first-order valence-electron chi connectivity index (χ1n) is 6.57. The number of hydrogen-bond donors (Lipinski definition) is 2. The quantitative estimate of drug-likeness (QED) is 0.902. The first-order chi connectivity index (χ1) is 9.90. The van der Waals surface area contributed by atoms with Crippen molar-refractivity contribution in [3.8, 4) is 0 Å². The molecule has 1 atom stereocenters. The molecule has 1 unspecified atom stereocenters. The van der Waals surface area contributed by atoms with Gasteiger partial charge in [0.2, 0.25) is 5.91 Å². The van der Waals surface area contributed by atoms with Gasteiger partial charge < -0.3 is 10.4 Å². The molecular weight excluding hydrogens is 286 g/mol. The lowest BCUT2D eigenvalue weighted by Gasteiger charge is -2.14. The Labute approximate surface area is 127 Å². The number of carboxylic acids is 1. The molecule has 2 aromatic rings. The number of benzene rings is 1. The second-order valence-electron chi connectivity index (χ2n) is 5.05. The van der Waals surface area contributed by atoms with E-state index in [4.69, 9.17) is 5.11 Å². The van der Waals surface area contributed by atoms with Gasteiger partial charge in [-0.05, 0) is 60.4 Å². The fourth-order valence-corrected chi connectivity index (χ4v) is 2.89. The molecule has 0 saturated carbocycles. The number of anilines is 1. The number of nitrogens with one attached hydrogen (secondary N) is 1. The SMILES string of the molecule is Cc1cc(C)c(C(=O)O)cc1NC(=O)C(C)c1ccsc1. The Morgan fingerprint density at radius 2 is 1.95 bits per heavy atom. The molecule has 21 heavy (non-hydrogen) atoms. The average molecular weight is 303 g/mol. The van der Waals surface area contributed by atoms with Crippen LogP contribution in [0, 0.1) is 13.8 Å². The topological polar surface area (TPSA) is 66.4 Å². The highest BCUT2D eigenvalue weighted by Crippen LogP contribution is 2.24. The van der Waals surface area contributed by atoms with Gasteiger partial charge in [0.1, 0.15) is 0 Å².